The van der Waals surface area contributed by atoms with Crippen molar-refractivity contribution in [1.29, 1.82) is 0 Å². The number of hydrogen-bond acceptors (Lipinski definition) is 3. The SMILES string of the molecule is CC(C)(C)C1CCc2c(sc(NC(=O)c3ccc(F)cc3)c2C(=O)NCc2ccccc2)C1. The molecule has 0 spiro atoms. The fraction of sp³-hybridized carbons (Fsp3) is 0.333. The minimum Gasteiger partial charge on any atom is -0.348 e. The van der Waals surface area contributed by atoms with Gasteiger partial charge in [-0.05, 0) is 66.0 Å². The first-order chi connectivity index (χ1) is 15.7. The Morgan fingerprint density at radius 3 is 2.39 bits per heavy atom. The smallest absolute Gasteiger partial charge is 0.256 e. The maximum atomic E-state index is 13.3. The summed E-state index contributed by atoms with van der Waals surface area (Å²) in [6.45, 7) is 7.17. The first-order valence-electron chi connectivity index (χ1n) is 11.3. The molecule has 2 aromatic carbocycles. The molecular formula is C27H29FN2O2S. The maximum absolute atomic E-state index is 13.3. The van der Waals surface area contributed by atoms with Crippen LogP contribution in [0.2, 0.25) is 0 Å². The molecule has 1 aliphatic carbocycles. The van der Waals surface area contributed by atoms with Gasteiger partial charge in [-0.2, -0.15) is 0 Å². The number of rotatable bonds is 5. The minimum absolute atomic E-state index is 0.176. The molecule has 1 atom stereocenters. The molecule has 4 nitrogen and oxygen atoms in total. The third-order valence-corrected chi connectivity index (χ3v) is 7.52. The first-order valence-corrected chi connectivity index (χ1v) is 12.1. The number of thiophene rings is 1. The highest BCUT2D eigenvalue weighted by Crippen LogP contribution is 2.44. The van der Waals surface area contributed by atoms with E-state index in [1.54, 1.807) is 0 Å². The molecule has 2 amide bonds. The lowest BCUT2D eigenvalue weighted by atomic mass is 9.72. The number of carbonyl (C=O) groups is 2. The lowest BCUT2D eigenvalue weighted by molar-refractivity contribution is 0.0950. The summed E-state index contributed by atoms with van der Waals surface area (Å²) in [4.78, 5) is 27.3. The lowest BCUT2D eigenvalue weighted by Crippen LogP contribution is -2.28. The van der Waals surface area contributed by atoms with Gasteiger partial charge in [-0.15, -0.1) is 11.3 Å². The first kappa shape index (κ1) is 23.2. The van der Waals surface area contributed by atoms with Crippen LogP contribution in [0.3, 0.4) is 0 Å². The summed E-state index contributed by atoms with van der Waals surface area (Å²) in [5, 5.41) is 6.52. The van der Waals surface area contributed by atoms with Gasteiger partial charge in [0, 0.05) is 17.0 Å². The Balaban J connectivity index is 1.62. The van der Waals surface area contributed by atoms with E-state index in [0.29, 0.717) is 28.6 Å². The molecule has 0 saturated carbocycles. The second-order valence-corrected chi connectivity index (χ2v) is 10.7. The fourth-order valence-electron chi connectivity index (χ4n) is 4.30. The Bertz CT molecular complexity index is 1150. The van der Waals surface area contributed by atoms with Gasteiger partial charge in [0.05, 0.1) is 5.56 Å². The van der Waals surface area contributed by atoms with E-state index in [0.717, 1.165) is 30.4 Å². The largest absolute Gasteiger partial charge is 0.348 e. The van der Waals surface area contributed by atoms with Crippen molar-refractivity contribution in [2.75, 3.05) is 5.32 Å². The molecule has 3 aromatic rings. The summed E-state index contributed by atoms with van der Waals surface area (Å²) in [5.41, 5.74) is 3.15. The number of amides is 2. The molecule has 4 rings (SSSR count). The van der Waals surface area contributed by atoms with E-state index >= 15 is 0 Å². The molecule has 0 fully saturated rings. The second-order valence-electron chi connectivity index (χ2n) is 9.64. The summed E-state index contributed by atoms with van der Waals surface area (Å²) < 4.78 is 13.3. The molecule has 0 aliphatic heterocycles. The van der Waals surface area contributed by atoms with Gasteiger partial charge in [0.2, 0.25) is 0 Å². The Labute approximate surface area is 198 Å². The molecule has 0 bridgehead atoms. The molecule has 0 radical (unpaired) electrons. The van der Waals surface area contributed by atoms with E-state index in [2.05, 4.69) is 31.4 Å². The number of carbonyl (C=O) groups excluding carboxylic acids is 2. The van der Waals surface area contributed by atoms with Crippen LogP contribution in [-0.4, -0.2) is 11.8 Å². The molecule has 1 unspecified atom stereocenters. The molecule has 1 aromatic heterocycles. The van der Waals surface area contributed by atoms with Gasteiger partial charge in [-0.1, -0.05) is 51.1 Å². The quantitative estimate of drug-likeness (QED) is 0.471. The van der Waals surface area contributed by atoms with Crippen molar-refractivity contribution in [2.24, 2.45) is 11.3 Å². The number of hydrogen-bond donors (Lipinski definition) is 2. The van der Waals surface area contributed by atoms with Crippen LogP contribution in [0.15, 0.2) is 54.6 Å². The van der Waals surface area contributed by atoms with E-state index in [9.17, 15) is 14.0 Å². The predicted octanol–water partition coefficient (Wildman–Crippen LogP) is 6.22. The number of benzene rings is 2. The van der Waals surface area contributed by atoms with Crippen LogP contribution in [-0.2, 0) is 19.4 Å². The van der Waals surface area contributed by atoms with Gasteiger partial charge in [0.15, 0.2) is 0 Å². The molecule has 2 N–H and O–H groups in total. The lowest BCUT2D eigenvalue weighted by Gasteiger charge is -2.33. The zero-order valence-electron chi connectivity index (χ0n) is 19.2. The average molecular weight is 465 g/mol. The molecule has 1 aliphatic rings. The molecule has 6 heteroatoms. The van der Waals surface area contributed by atoms with Gasteiger partial charge in [0.1, 0.15) is 10.8 Å². The molecule has 0 saturated heterocycles. The Hall–Kier alpha value is -2.99. The van der Waals surface area contributed by atoms with Crippen LogP contribution in [0, 0.1) is 17.2 Å². The summed E-state index contributed by atoms with van der Waals surface area (Å²) >= 11 is 1.49. The Morgan fingerprint density at radius 2 is 1.73 bits per heavy atom. The zero-order chi connectivity index (χ0) is 23.6. The monoisotopic (exact) mass is 464 g/mol. The van der Waals surface area contributed by atoms with Crippen LogP contribution in [0.1, 0.15) is 63.9 Å². The molecular weight excluding hydrogens is 435 g/mol. The standard InChI is InChI=1S/C27H29FN2O2S/c1-27(2,3)19-11-14-21-22(15-19)33-26(30-24(31)18-9-12-20(28)13-10-18)23(21)25(32)29-16-17-7-5-4-6-8-17/h4-10,12-13,19H,11,14-16H2,1-3H3,(H,29,32)(H,30,31). The number of halogens is 1. The van der Waals surface area contributed by atoms with Gasteiger partial charge in [-0.3, -0.25) is 9.59 Å². The second kappa shape index (κ2) is 9.48. The van der Waals surface area contributed by atoms with Crippen molar-refractivity contribution in [3.05, 3.63) is 87.5 Å². The topological polar surface area (TPSA) is 58.2 Å². The Kier molecular flexibility index (Phi) is 6.66. The summed E-state index contributed by atoms with van der Waals surface area (Å²) in [7, 11) is 0. The third kappa shape index (κ3) is 5.33. The van der Waals surface area contributed by atoms with E-state index in [1.807, 2.05) is 30.3 Å². The maximum Gasteiger partial charge on any atom is 0.256 e. The van der Waals surface area contributed by atoms with Crippen molar-refractivity contribution in [1.82, 2.24) is 5.32 Å². The van der Waals surface area contributed by atoms with Crippen molar-refractivity contribution in [3.8, 4) is 0 Å². The van der Waals surface area contributed by atoms with E-state index in [4.69, 9.17) is 0 Å². The number of nitrogens with one attached hydrogen (secondary N) is 2. The van der Waals surface area contributed by atoms with Crippen molar-refractivity contribution < 1.29 is 14.0 Å². The predicted molar refractivity (Wildman–Crippen MR) is 131 cm³/mol. The highest BCUT2D eigenvalue weighted by molar-refractivity contribution is 7.17. The van der Waals surface area contributed by atoms with Crippen molar-refractivity contribution in [3.63, 3.8) is 0 Å². The van der Waals surface area contributed by atoms with E-state index in [-0.39, 0.29) is 17.2 Å². The third-order valence-electron chi connectivity index (χ3n) is 6.35. The zero-order valence-corrected chi connectivity index (χ0v) is 20.0. The summed E-state index contributed by atoms with van der Waals surface area (Å²) in [6.07, 6.45) is 2.72. The fourth-order valence-corrected chi connectivity index (χ4v) is 5.62. The molecule has 172 valence electrons. The van der Waals surface area contributed by atoms with Crippen LogP contribution in [0.5, 0.6) is 0 Å². The van der Waals surface area contributed by atoms with Crippen LogP contribution in [0.4, 0.5) is 9.39 Å². The number of anilines is 1. The van der Waals surface area contributed by atoms with E-state index < -0.39 is 5.82 Å². The van der Waals surface area contributed by atoms with Crippen molar-refractivity contribution >= 4 is 28.2 Å². The average Bonchev–Trinajstić information content (AvgIpc) is 3.15. The highest BCUT2D eigenvalue weighted by Gasteiger charge is 2.34. The highest BCUT2D eigenvalue weighted by atomic mass is 32.1. The van der Waals surface area contributed by atoms with Gasteiger partial charge in [-0.25, -0.2) is 4.39 Å². The van der Waals surface area contributed by atoms with Crippen LogP contribution in [0.25, 0.3) is 0 Å². The van der Waals surface area contributed by atoms with Crippen LogP contribution >= 0.6 is 11.3 Å². The minimum atomic E-state index is -0.396. The van der Waals surface area contributed by atoms with Gasteiger partial charge in [0.25, 0.3) is 11.8 Å². The Morgan fingerprint density at radius 1 is 1.03 bits per heavy atom. The summed E-state index contributed by atoms with van der Waals surface area (Å²) in [5.74, 6) is -0.407. The molecule has 33 heavy (non-hydrogen) atoms. The molecule has 1 heterocycles. The summed E-state index contributed by atoms with van der Waals surface area (Å²) in [6, 6.07) is 15.2. The van der Waals surface area contributed by atoms with Gasteiger partial charge >= 0.3 is 0 Å². The normalized spacial score (nSPS) is 15.6. The van der Waals surface area contributed by atoms with Gasteiger partial charge < -0.3 is 10.6 Å². The number of fused-ring (bicyclic) bond motifs is 1. The van der Waals surface area contributed by atoms with E-state index in [1.165, 1.54) is 40.5 Å². The van der Waals surface area contributed by atoms with Crippen molar-refractivity contribution in [2.45, 2.75) is 46.6 Å². The van der Waals surface area contributed by atoms with Crippen LogP contribution < -0.4 is 10.6 Å².